The number of rotatable bonds is 8. The first-order chi connectivity index (χ1) is 14.5. The molecule has 0 bridgehead atoms. The predicted molar refractivity (Wildman–Crippen MR) is 117 cm³/mol. The zero-order chi connectivity index (χ0) is 21.3. The quantitative estimate of drug-likeness (QED) is 0.365. The Balaban J connectivity index is 1.46. The first kappa shape index (κ1) is 21.3. The number of ether oxygens (including phenoxy) is 2. The molecule has 0 amide bonds. The summed E-state index contributed by atoms with van der Waals surface area (Å²) in [5.74, 6) is -0.225. The fraction of sp³-hybridized carbons (Fsp3) is 0.231. The highest BCUT2D eigenvalue weighted by molar-refractivity contribution is 5.91. The number of esters is 2. The number of hydrogen-bond donors (Lipinski definition) is 0. The standard InChI is InChI=1S/C26H26O4/c1-3-4-20-7-13-22(14-8-20)25(27)29-18-17-21-9-15-24(16-10-21)30-26(28)23-11-5-19(2)6-12-23/h5-16H,3-4,17-18H2,1-2H3. The van der Waals surface area contributed by atoms with Crippen molar-refractivity contribution >= 4 is 11.9 Å². The Morgan fingerprint density at radius 1 is 0.700 bits per heavy atom. The van der Waals surface area contributed by atoms with E-state index in [1.165, 1.54) is 5.56 Å². The normalized spacial score (nSPS) is 10.5. The molecule has 3 aromatic carbocycles. The maximum absolute atomic E-state index is 12.2. The monoisotopic (exact) mass is 402 g/mol. The molecular formula is C26H26O4. The average molecular weight is 402 g/mol. The van der Waals surface area contributed by atoms with Gasteiger partial charge in [0.15, 0.2) is 0 Å². The highest BCUT2D eigenvalue weighted by Crippen LogP contribution is 2.15. The first-order valence-electron chi connectivity index (χ1n) is 10.2. The van der Waals surface area contributed by atoms with Gasteiger partial charge in [0.25, 0.3) is 0 Å². The summed E-state index contributed by atoms with van der Waals surface area (Å²) >= 11 is 0. The summed E-state index contributed by atoms with van der Waals surface area (Å²) in [6.45, 7) is 4.38. The van der Waals surface area contributed by atoms with Gasteiger partial charge in [-0.1, -0.05) is 55.3 Å². The third kappa shape index (κ3) is 6.05. The van der Waals surface area contributed by atoms with E-state index in [4.69, 9.17) is 9.47 Å². The van der Waals surface area contributed by atoms with Crippen LogP contribution in [0, 0.1) is 6.92 Å². The highest BCUT2D eigenvalue weighted by Gasteiger charge is 2.09. The van der Waals surface area contributed by atoms with Crippen LogP contribution in [0.2, 0.25) is 0 Å². The zero-order valence-corrected chi connectivity index (χ0v) is 17.4. The lowest BCUT2D eigenvalue weighted by molar-refractivity contribution is 0.0508. The number of carbonyl (C=O) groups is 2. The van der Waals surface area contributed by atoms with Crippen LogP contribution in [-0.4, -0.2) is 18.5 Å². The van der Waals surface area contributed by atoms with Crippen molar-refractivity contribution in [1.82, 2.24) is 0 Å². The molecule has 0 heterocycles. The van der Waals surface area contributed by atoms with Gasteiger partial charge in [-0.3, -0.25) is 0 Å². The Labute approximate surface area is 177 Å². The molecule has 0 radical (unpaired) electrons. The van der Waals surface area contributed by atoms with Gasteiger partial charge in [0, 0.05) is 6.42 Å². The van der Waals surface area contributed by atoms with Crippen LogP contribution in [0.15, 0.2) is 72.8 Å². The van der Waals surface area contributed by atoms with Gasteiger partial charge < -0.3 is 9.47 Å². The Kier molecular flexibility index (Phi) is 7.39. The Morgan fingerprint density at radius 3 is 1.87 bits per heavy atom. The fourth-order valence-electron chi connectivity index (χ4n) is 3.02. The largest absolute Gasteiger partial charge is 0.462 e. The van der Waals surface area contributed by atoms with Crippen molar-refractivity contribution in [3.63, 3.8) is 0 Å². The lowest BCUT2D eigenvalue weighted by Crippen LogP contribution is -2.09. The maximum atomic E-state index is 12.2. The smallest absolute Gasteiger partial charge is 0.343 e. The van der Waals surface area contributed by atoms with E-state index in [1.54, 1.807) is 24.3 Å². The third-order valence-electron chi connectivity index (χ3n) is 4.77. The second-order valence-electron chi connectivity index (χ2n) is 7.23. The van der Waals surface area contributed by atoms with E-state index < -0.39 is 0 Å². The second kappa shape index (κ2) is 10.4. The van der Waals surface area contributed by atoms with Gasteiger partial charge in [0.1, 0.15) is 5.75 Å². The van der Waals surface area contributed by atoms with Crippen molar-refractivity contribution in [1.29, 1.82) is 0 Å². The molecule has 0 aliphatic carbocycles. The van der Waals surface area contributed by atoms with Crippen LogP contribution in [0.1, 0.15) is 50.8 Å². The molecule has 0 aromatic heterocycles. The Morgan fingerprint density at radius 2 is 1.23 bits per heavy atom. The van der Waals surface area contributed by atoms with Gasteiger partial charge in [-0.05, 0) is 60.9 Å². The van der Waals surface area contributed by atoms with Crippen LogP contribution in [0.3, 0.4) is 0 Å². The van der Waals surface area contributed by atoms with Crippen molar-refractivity contribution in [2.75, 3.05) is 6.61 Å². The minimum atomic E-state index is -0.387. The van der Waals surface area contributed by atoms with Gasteiger partial charge in [0.05, 0.1) is 17.7 Å². The van der Waals surface area contributed by atoms with Gasteiger partial charge in [-0.15, -0.1) is 0 Å². The molecule has 3 rings (SSSR count). The van der Waals surface area contributed by atoms with E-state index in [-0.39, 0.29) is 18.5 Å². The zero-order valence-electron chi connectivity index (χ0n) is 17.4. The summed E-state index contributed by atoms with van der Waals surface area (Å²) in [4.78, 5) is 24.3. The molecule has 4 nitrogen and oxygen atoms in total. The highest BCUT2D eigenvalue weighted by atomic mass is 16.5. The molecule has 0 atom stereocenters. The molecule has 0 aliphatic heterocycles. The maximum Gasteiger partial charge on any atom is 0.343 e. The van der Waals surface area contributed by atoms with Crippen LogP contribution < -0.4 is 4.74 Å². The summed E-state index contributed by atoms with van der Waals surface area (Å²) in [6, 6.07) is 22.0. The van der Waals surface area contributed by atoms with Crippen LogP contribution in [0.4, 0.5) is 0 Å². The summed E-state index contributed by atoms with van der Waals surface area (Å²) in [6.07, 6.45) is 2.67. The Hall–Kier alpha value is -3.40. The van der Waals surface area contributed by atoms with Crippen molar-refractivity contribution in [2.24, 2.45) is 0 Å². The van der Waals surface area contributed by atoms with E-state index in [9.17, 15) is 9.59 Å². The minimum absolute atomic E-state index is 0.290. The first-order valence-corrected chi connectivity index (χ1v) is 10.2. The molecule has 154 valence electrons. The number of hydrogen-bond acceptors (Lipinski definition) is 4. The van der Waals surface area contributed by atoms with Gasteiger partial charge in [-0.25, -0.2) is 9.59 Å². The molecule has 0 saturated carbocycles. The van der Waals surface area contributed by atoms with Crippen molar-refractivity contribution in [3.8, 4) is 5.75 Å². The van der Waals surface area contributed by atoms with Crippen molar-refractivity contribution in [3.05, 3.63) is 101 Å². The van der Waals surface area contributed by atoms with Gasteiger partial charge in [0.2, 0.25) is 0 Å². The predicted octanol–water partition coefficient (Wildman–Crippen LogP) is 5.57. The minimum Gasteiger partial charge on any atom is -0.462 e. The number of aryl methyl sites for hydroxylation is 2. The number of carbonyl (C=O) groups excluding carboxylic acids is 2. The summed E-state index contributed by atoms with van der Waals surface area (Å²) in [5, 5.41) is 0. The average Bonchev–Trinajstić information content (AvgIpc) is 2.76. The van der Waals surface area contributed by atoms with Crippen molar-refractivity contribution in [2.45, 2.75) is 33.1 Å². The second-order valence-corrected chi connectivity index (χ2v) is 7.23. The van der Waals surface area contributed by atoms with E-state index in [0.29, 0.717) is 23.3 Å². The van der Waals surface area contributed by atoms with E-state index in [0.717, 1.165) is 24.0 Å². The topological polar surface area (TPSA) is 52.6 Å². The van der Waals surface area contributed by atoms with Crippen LogP contribution >= 0.6 is 0 Å². The van der Waals surface area contributed by atoms with E-state index in [2.05, 4.69) is 6.92 Å². The fourth-order valence-corrected chi connectivity index (χ4v) is 3.02. The lowest BCUT2D eigenvalue weighted by atomic mass is 10.1. The van der Waals surface area contributed by atoms with E-state index in [1.807, 2.05) is 55.5 Å². The third-order valence-corrected chi connectivity index (χ3v) is 4.77. The summed E-state index contributed by atoms with van der Waals surface area (Å²) in [7, 11) is 0. The summed E-state index contributed by atoms with van der Waals surface area (Å²) < 4.78 is 10.8. The molecule has 0 aliphatic rings. The Bertz CT molecular complexity index is 971. The SMILES string of the molecule is CCCc1ccc(C(=O)OCCc2ccc(OC(=O)c3ccc(C)cc3)cc2)cc1. The molecule has 0 saturated heterocycles. The van der Waals surface area contributed by atoms with Crippen LogP contribution in [0.25, 0.3) is 0 Å². The van der Waals surface area contributed by atoms with Crippen LogP contribution in [-0.2, 0) is 17.6 Å². The molecular weight excluding hydrogens is 376 g/mol. The summed E-state index contributed by atoms with van der Waals surface area (Å²) in [5.41, 5.74) is 4.38. The van der Waals surface area contributed by atoms with Crippen LogP contribution in [0.5, 0.6) is 5.75 Å². The van der Waals surface area contributed by atoms with E-state index >= 15 is 0 Å². The molecule has 0 fully saturated rings. The molecule has 0 N–H and O–H groups in total. The number of benzene rings is 3. The van der Waals surface area contributed by atoms with Crippen molar-refractivity contribution < 1.29 is 19.1 Å². The molecule has 0 spiro atoms. The molecule has 3 aromatic rings. The van der Waals surface area contributed by atoms with Gasteiger partial charge >= 0.3 is 11.9 Å². The molecule has 30 heavy (non-hydrogen) atoms. The van der Waals surface area contributed by atoms with Gasteiger partial charge in [-0.2, -0.15) is 0 Å². The lowest BCUT2D eigenvalue weighted by Gasteiger charge is -2.08. The molecule has 4 heteroatoms. The molecule has 0 unspecified atom stereocenters.